The first-order chi connectivity index (χ1) is 17.3. The van der Waals surface area contributed by atoms with E-state index in [2.05, 4.69) is 5.10 Å². The van der Waals surface area contributed by atoms with Gasteiger partial charge in [0.1, 0.15) is 28.6 Å². The van der Waals surface area contributed by atoms with E-state index in [1.54, 1.807) is 35.2 Å². The van der Waals surface area contributed by atoms with Crippen LogP contribution in [-0.4, -0.2) is 39.6 Å². The van der Waals surface area contributed by atoms with Crippen molar-refractivity contribution < 1.29 is 23.1 Å². The van der Waals surface area contributed by atoms with Gasteiger partial charge in [-0.15, -0.1) is 0 Å². The van der Waals surface area contributed by atoms with Crippen LogP contribution < -0.4 is 16.2 Å². The topological polar surface area (TPSA) is 140 Å². The van der Waals surface area contributed by atoms with Crippen LogP contribution in [0.3, 0.4) is 0 Å². The summed E-state index contributed by atoms with van der Waals surface area (Å²) in [5.74, 6) is -2.39. The highest BCUT2D eigenvalue weighted by atomic mass is 19.1. The lowest BCUT2D eigenvalue weighted by molar-refractivity contribution is -0.127. The van der Waals surface area contributed by atoms with Crippen LogP contribution in [0, 0.1) is 23.0 Å². The third kappa shape index (κ3) is 5.02. The minimum atomic E-state index is -0.843. The van der Waals surface area contributed by atoms with Crippen molar-refractivity contribution in [1.29, 1.82) is 5.26 Å². The van der Waals surface area contributed by atoms with Gasteiger partial charge < -0.3 is 21.1 Å². The first-order valence-electron chi connectivity index (χ1n) is 11.0. The van der Waals surface area contributed by atoms with E-state index in [1.165, 1.54) is 16.8 Å². The Morgan fingerprint density at radius 2 is 1.94 bits per heavy atom. The van der Waals surface area contributed by atoms with Gasteiger partial charge in [-0.25, -0.2) is 13.5 Å². The van der Waals surface area contributed by atoms with Gasteiger partial charge >= 0.3 is 0 Å². The largest absolute Gasteiger partial charge is 0.454 e. The molecule has 36 heavy (non-hydrogen) atoms. The number of carbonyl (C=O) groups excluding carboxylic acids is 2. The second-order valence-electron chi connectivity index (χ2n) is 8.16. The van der Waals surface area contributed by atoms with E-state index < -0.39 is 17.5 Å². The molecule has 3 aromatic rings. The molecule has 1 aliphatic heterocycles. The summed E-state index contributed by atoms with van der Waals surface area (Å²) >= 11 is 0. The molecule has 2 heterocycles. The summed E-state index contributed by atoms with van der Waals surface area (Å²) < 4.78 is 34.0. The van der Waals surface area contributed by atoms with Gasteiger partial charge in [0.25, 0.3) is 5.91 Å². The number of benzene rings is 2. The Balaban J connectivity index is 1.61. The molecule has 4 rings (SSSR count). The quantitative estimate of drug-likeness (QED) is 0.398. The van der Waals surface area contributed by atoms with E-state index in [-0.39, 0.29) is 40.5 Å². The molecular weight excluding hydrogens is 470 g/mol. The van der Waals surface area contributed by atoms with Crippen LogP contribution in [0.5, 0.6) is 11.5 Å². The normalized spacial score (nSPS) is 15.6. The van der Waals surface area contributed by atoms with Crippen molar-refractivity contribution in [3.63, 3.8) is 0 Å². The van der Waals surface area contributed by atoms with E-state index in [4.69, 9.17) is 21.5 Å². The zero-order valence-electron chi connectivity index (χ0n) is 19.0. The Morgan fingerprint density at radius 1 is 1.19 bits per heavy atom. The summed E-state index contributed by atoms with van der Waals surface area (Å²) in [4.78, 5) is 26.2. The molecule has 0 radical (unpaired) electrons. The van der Waals surface area contributed by atoms with Crippen molar-refractivity contribution in [1.82, 2.24) is 14.7 Å². The number of nitrogen functional groups attached to an aromatic ring is 1. The van der Waals surface area contributed by atoms with Gasteiger partial charge in [0, 0.05) is 36.9 Å². The van der Waals surface area contributed by atoms with Crippen molar-refractivity contribution >= 4 is 17.6 Å². The molecule has 1 saturated heterocycles. The van der Waals surface area contributed by atoms with Crippen molar-refractivity contribution in [2.75, 3.05) is 18.8 Å². The maximum atomic E-state index is 13.9. The third-order valence-electron chi connectivity index (χ3n) is 5.80. The summed E-state index contributed by atoms with van der Waals surface area (Å²) in [6.45, 7) is 0.825. The molecule has 1 atom stereocenters. The van der Waals surface area contributed by atoms with Crippen LogP contribution in [0.2, 0.25) is 0 Å². The predicted octanol–water partition coefficient (Wildman–Crippen LogP) is 3.54. The molecule has 4 N–H and O–H groups in total. The molecule has 1 unspecified atom stereocenters. The molecule has 0 spiro atoms. The number of nitriles is 1. The average molecular weight is 492 g/mol. The van der Waals surface area contributed by atoms with E-state index in [9.17, 15) is 18.4 Å². The van der Waals surface area contributed by atoms with Gasteiger partial charge in [-0.2, -0.15) is 10.4 Å². The number of aromatic nitrogens is 2. The zero-order chi connectivity index (χ0) is 25.8. The van der Waals surface area contributed by atoms with Crippen molar-refractivity contribution in [3.05, 3.63) is 71.8 Å². The zero-order valence-corrected chi connectivity index (χ0v) is 19.0. The van der Waals surface area contributed by atoms with E-state index in [1.807, 2.05) is 0 Å². The number of amides is 2. The van der Waals surface area contributed by atoms with Crippen molar-refractivity contribution in [3.8, 4) is 28.8 Å². The lowest BCUT2D eigenvalue weighted by Gasteiger charge is -2.32. The highest BCUT2D eigenvalue weighted by Gasteiger charge is 2.29. The second kappa shape index (κ2) is 10.3. The number of ether oxygens (including phenoxy) is 1. The molecule has 1 aromatic heterocycles. The van der Waals surface area contributed by atoms with Crippen LogP contribution in [0.1, 0.15) is 29.2 Å². The average Bonchev–Trinajstić information content (AvgIpc) is 3.22. The molecule has 0 saturated carbocycles. The Hall–Kier alpha value is -4.72. The van der Waals surface area contributed by atoms with Gasteiger partial charge in [-0.05, 0) is 49.2 Å². The number of allylic oxidation sites excluding steroid dienone is 1. The number of anilines is 1. The number of nitrogens with zero attached hydrogens (tertiary/aromatic N) is 4. The standard InChI is InChI=1S/C25H22F2N6O3/c26-16-7-10-20(19(27)13-16)36-18-8-5-15(6-9-18)23-22(25(30)35)24(29)33(31-23)17-3-2-12-32(14-17)21(34)4-1-11-28/h1,4-10,13,17H,2-3,12,14,29H2,(H2,30,35)/b4-1+. The van der Waals surface area contributed by atoms with Gasteiger partial charge in [-0.1, -0.05) is 0 Å². The van der Waals surface area contributed by atoms with Crippen molar-refractivity contribution in [2.24, 2.45) is 5.73 Å². The number of piperidine rings is 1. The number of nitrogens with two attached hydrogens (primary N) is 2. The second-order valence-corrected chi connectivity index (χ2v) is 8.16. The van der Waals surface area contributed by atoms with Crippen LogP contribution in [-0.2, 0) is 4.79 Å². The third-order valence-corrected chi connectivity index (χ3v) is 5.80. The van der Waals surface area contributed by atoms with E-state index in [0.717, 1.165) is 18.2 Å². The van der Waals surface area contributed by atoms with Gasteiger partial charge in [0.2, 0.25) is 5.91 Å². The number of hydrogen-bond donors (Lipinski definition) is 2. The lowest BCUT2D eigenvalue weighted by Crippen LogP contribution is -2.40. The monoisotopic (exact) mass is 492 g/mol. The molecule has 184 valence electrons. The van der Waals surface area contributed by atoms with Crippen LogP contribution in [0.15, 0.2) is 54.6 Å². The molecule has 11 heteroatoms. The number of hydrogen-bond acceptors (Lipinski definition) is 6. The minimum absolute atomic E-state index is 0.0427. The smallest absolute Gasteiger partial charge is 0.254 e. The Labute approximate surface area is 205 Å². The van der Waals surface area contributed by atoms with Gasteiger partial charge in [-0.3, -0.25) is 9.59 Å². The molecular formula is C25H22F2N6O3. The minimum Gasteiger partial charge on any atom is -0.454 e. The van der Waals surface area contributed by atoms with E-state index in [0.29, 0.717) is 31.5 Å². The summed E-state index contributed by atoms with van der Waals surface area (Å²) in [5.41, 5.74) is 12.7. The fourth-order valence-electron chi connectivity index (χ4n) is 4.11. The van der Waals surface area contributed by atoms with Crippen LogP contribution in [0.25, 0.3) is 11.3 Å². The summed E-state index contributed by atoms with van der Waals surface area (Å²) in [6, 6.07) is 10.8. The summed E-state index contributed by atoms with van der Waals surface area (Å²) in [6.07, 6.45) is 3.68. The molecule has 0 bridgehead atoms. The number of halogens is 2. The SMILES string of the molecule is N#C/C=C/C(=O)N1CCCC(n2nc(-c3ccc(Oc4ccc(F)cc4F)cc3)c(C(N)=O)c2N)C1. The highest BCUT2D eigenvalue weighted by Crippen LogP contribution is 2.33. The Kier molecular flexibility index (Phi) is 6.96. The van der Waals surface area contributed by atoms with Crippen LogP contribution in [0.4, 0.5) is 14.6 Å². The first-order valence-corrected chi connectivity index (χ1v) is 11.0. The fourth-order valence-corrected chi connectivity index (χ4v) is 4.11. The molecule has 2 aromatic carbocycles. The van der Waals surface area contributed by atoms with E-state index >= 15 is 0 Å². The molecule has 1 fully saturated rings. The maximum Gasteiger partial charge on any atom is 0.254 e. The molecule has 0 aliphatic carbocycles. The molecule has 1 aliphatic rings. The molecule has 9 nitrogen and oxygen atoms in total. The predicted molar refractivity (Wildman–Crippen MR) is 127 cm³/mol. The maximum absolute atomic E-state index is 13.9. The number of likely N-dealkylation sites (tertiary alicyclic amines) is 1. The van der Waals surface area contributed by atoms with Gasteiger partial charge in [0.05, 0.1) is 12.1 Å². The molecule has 2 amide bonds. The number of primary amides is 1. The number of carbonyl (C=O) groups is 2. The van der Waals surface area contributed by atoms with Gasteiger partial charge in [0.15, 0.2) is 11.6 Å². The Bertz CT molecular complexity index is 1380. The highest BCUT2D eigenvalue weighted by molar-refractivity contribution is 6.03. The summed E-state index contributed by atoms with van der Waals surface area (Å²) in [5, 5.41) is 13.2. The lowest BCUT2D eigenvalue weighted by atomic mass is 10.1. The summed E-state index contributed by atoms with van der Waals surface area (Å²) in [7, 11) is 0. The first kappa shape index (κ1) is 24.4. The number of rotatable bonds is 6. The van der Waals surface area contributed by atoms with Crippen molar-refractivity contribution in [2.45, 2.75) is 18.9 Å². The fraction of sp³-hybridized carbons (Fsp3) is 0.200. The Morgan fingerprint density at radius 3 is 2.61 bits per heavy atom. The van der Waals surface area contributed by atoms with Crippen LogP contribution >= 0.6 is 0 Å².